The van der Waals surface area contributed by atoms with E-state index in [0.29, 0.717) is 0 Å². The SMILES string of the molecule is CCC.CCNCCN1CCOCC1. The largest absolute Gasteiger partial charge is 0.379 e. The molecule has 1 N–H and O–H groups in total. The molecule has 0 unspecified atom stereocenters. The number of nitrogens with one attached hydrogen (secondary N) is 1. The monoisotopic (exact) mass is 202 g/mol. The molecule has 3 heteroatoms. The van der Waals surface area contributed by atoms with Crippen molar-refractivity contribution in [1.29, 1.82) is 0 Å². The van der Waals surface area contributed by atoms with Crippen LogP contribution in [0.1, 0.15) is 27.2 Å². The Morgan fingerprint density at radius 1 is 1.14 bits per heavy atom. The van der Waals surface area contributed by atoms with Crippen LogP contribution in [0.2, 0.25) is 0 Å². The number of ether oxygens (including phenoxy) is 1. The molecule has 0 aromatic rings. The van der Waals surface area contributed by atoms with Gasteiger partial charge in [0.15, 0.2) is 0 Å². The molecule has 0 amide bonds. The van der Waals surface area contributed by atoms with E-state index in [9.17, 15) is 0 Å². The highest BCUT2D eigenvalue weighted by Gasteiger charge is 2.08. The Kier molecular flexibility index (Phi) is 10.9. The lowest BCUT2D eigenvalue weighted by Crippen LogP contribution is -2.40. The Balaban J connectivity index is 0.000000500. The molecule has 0 radical (unpaired) electrons. The molecule has 0 aliphatic carbocycles. The van der Waals surface area contributed by atoms with Gasteiger partial charge in [0.2, 0.25) is 0 Å². The summed E-state index contributed by atoms with van der Waals surface area (Å²) in [4.78, 5) is 2.44. The van der Waals surface area contributed by atoms with E-state index in [1.54, 1.807) is 0 Å². The lowest BCUT2D eigenvalue weighted by atomic mass is 10.4. The third-order valence-electron chi connectivity index (χ3n) is 1.96. The van der Waals surface area contributed by atoms with Crippen molar-refractivity contribution >= 4 is 0 Å². The lowest BCUT2D eigenvalue weighted by molar-refractivity contribution is 0.0385. The van der Waals surface area contributed by atoms with Crippen molar-refractivity contribution in [3.05, 3.63) is 0 Å². The van der Waals surface area contributed by atoms with E-state index in [0.717, 1.165) is 45.9 Å². The van der Waals surface area contributed by atoms with Crippen LogP contribution < -0.4 is 5.32 Å². The third kappa shape index (κ3) is 8.48. The first-order chi connectivity index (χ1) is 6.85. The zero-order valence-electron chi connectivity index (χ0n) is 10.0. The molecule has 0 bridgehead atoms. The first kappa shape index (κ1) is 13.9. The molecule has 0 aromatic carbocycles. The van der Waals surface area contributed by atoms with Crippen molar-refractivity contribution in [3.8, 4) is 0 Å². The Labute approximate surface area is 88.8 Å². The molecule has 0 aromatic heterocycles. The van der Waals surface area contributed by atoms with Gasteiger partial charge in [-0.15, -0.1) is 0 Å². The average molecular weight is 202 g/mol. The predicted molar refractivity (Wildman–Crippen MR) is 61.8 cm³/mol. The minimum absolute atomic E-state index is 0.909. The van der Waals surface area contributed by atoms with Crippen LogP contribution in [0, 0.1) is 0 Å². The molecule has 1 heterocycles. The van der Waals surface area contributed by atoms with Crippen molar-refractivity contribution in [3.63, 3.8) is 0 Å². The summed E-state index contributed by atoms with van der Waals surface area (Å²) in [6.07, 6.45) is 1.25. The molecular weight excluding hydrogens is 176 g/mol. The Morgan fingerprint density at radius 3 is 2.21 bits per heavy atom. The molecule has 1 aliphatic rings. The van der Waals surface area contributed by atoms with Crippen LogP contribution in [0.4, 0.5) is 0 Å². The highest BCUT2D eigenvalue weighted by Crippen LogP contribution is 1.94. The topological polar surface area (TPSA) is 24.5 Å². The van der Waals surface area contributed by atoms with Crippen LogP contribution in [-0.2, 0) is 4.74 Å². The summed E-state index contributed by atoms with van der Waals surface area (Å²) in [6.45, 7) is 13.8. The molecule has 0 spiro atoms. The van der Waals surface area contributed by atoms with Crippen LogP contribution in [0.5, 0.6) is 0 Å². The minimum atomic E-state index is 0.909. The average Bonchev–Trinajstić information content (AvgIpc) is 2.21. The molecule has 3 nitrogen and oxygen atoms in total. The summed E-state index contributed by atoms with van der Waals surface area (Å²) in [5, 5.41) is 3.31. The van der Waals surface area contributed by atoms with Gasteiger partial charge in [-0.2, -0.15) is 0 Å². The summed E-state index contributed by atoms with van der Waals surface area (Å²) in [6, 6.07) is 0. The number of hydrogen-bond donors (Lipinski definition) is 1. The molecule has 1 saturated heterocycles. The molecule has 0 saturated carbocycles. The minimum Gasteiger partial charge on any atom is -0.379 e. The first-order valence-corrected chi connectivity index (χ1v) is 5.85. The van der Waals surface area contributed by atoms with Crippen LogP contribution in [-0.4, -0.2) is 50.8 Å². The smallest absolute Gasteiger partial charge is 0.0594 e. The number of nitrogens with zero attached hydrogens (tertiary/aromatic N) is 1. The number of likely N-dealkylation sites (N-methyl/N-ethyl adjacent to an activating group) is 1. The zero-order valence-corrected chi connectivity index (χ0v) is 10.0. The van der Waals surface area contributed by atoms with Crippen LogP contribution in [0.15, 0.2) is 0 Å². The van der Waals surface area contributed by atoms with Gasteiger partial charge in [-0.25, -0.2) is 0 Å². The maximum absolute atomic E-state index is 5.24. The van der Waals surface area contributed by atoms with Gasteiger partial charge in [-0.05, 0) is 6.54 Å². The third-order valence-corrected chi connectivity index (χ3v) is 1.96. The predicted octanol–water partition coefficient (Wildman–Crippen LogP) is 1.34. The maximum atomic E-state index is 5.24. The molecule has 86 valence electrons. The van der Waals surface area contributed by atoms with Gasteiger partial charge in [0.25, 0.3) is 0 Å². The fourth-order valence-corrected chi connectivity index (χ4v) is 1.24. The summed E-state index contributed by atoms with van der Waals surface area (Å²) >= 11 is 0. The second-order valence-corrected chi connectivity index (χ2v) is 3.51. The molecule has 1 aliphatic heterocycles. The normalized spacial score (nSPS) is 17.4. The van der Waals surface area contributed by atoms with Crippen molar-refractivity contribution < 1.29 is 4.74 Å². The number of rotatable bonds is 4. The number of hydrogen-bond acceptors (Lipinski definition) is 3. The molecular formula is C11H26N2O. The van der Waals surface area contributed by atoms with E-state index < -0.39 is 0 Å². The van der Waals surface area contributed by atoms with E-state index in [1.165, 1.54) is 6.42 Å². The van der Waals surface area contributed by atoms with E-state index in [-0.39, 0.29) is 0 Å². The Hall–Kier alpha value is -0.120. The van der Waals surface area contributed by atoms with Gasteiger partial charge in [0.1, 0.15) is 0 Å². The van der Waals surface area contributed by atoms with E-state index in [2.05, 4.69) is 31.0 Å². The van der Waals surface area contributed by atoms with Gasteiger partial charge in [0.05, 0.1) is 13.2 Å². The number of morpholine rings is 1. The fraction of sp³-hybridized carbons (Fsp3) is 1.00. The van der Waals surface area contributed by atoms with Crippen LogP contribution >= 0.6 is 0 Å². The molecule has 0 atom stereocenters. The summed E-state index contributed by atoms with van der Waals surface area (Å²) in [5.41, 5.74) is 0. The summed E-state index contributed by atoms with van der Waals surface area (Å²) < 4.78 is 5.24. The lowest BCUT2D eigenvalue weighted by Gasteiger charge is -2.26. The second-order valence-electron chi connectivity index (χ2n) is 3.51. The van der Waals surface area contributed by atoms with Crippen LogP contribution in [0.25, 0.3) is 0 Å². The first-order valence-electron chi connectivity index (χ1n) is 5.85. The fourth-order valence-electron chi connectivity index (χ4n) is 1.24. The van der Waals surface area contributed by atoms with Crippen molar-refractivity contribution in [2.75, 3.05) is 45.9 Å². The van der Waals surface area contributed by atoms with E-state index in [4.69, 9.17) is 4.74 Å². The maximum Gasteiger partial charge on any atom is 0.0594 e. The van der Waals surface area contributed by atoms with Gasteiger partial charge in [-0.3, -0.25) is 4.90 Å². The van der Waals surface area contributed by atoms with E-state index in [1.807, 2.05) is 0 Å². The Bertz CT molecular complexity index is 103. The summed E-state index contributed by atoms with van der Waals surface area (Å²) in [5.74, 6) is 0. The molecule has 1 fully saturated rings. The zero-order chi connectivity index (χ0) is 10.6. The van der Waals surface area contributed by atoms with Crippen molar-refractivity contribution in [2.45, 2.75) is 27.2 Å². The van der Waals surface area contributed by atoms with Gasteiger partial charge in [0, 0.05) is 26.2 Å². The van der Waals surface area contributed by atoms with Crippen molar-refractivity contribution in [2.24, 2.45) is 0 Å². The highest BCUT2D eigenvalue weighted by molar-refractivity contribution is 4.62. The standard InChI is InChI=1S/C8H18N2O.C3H8/c1-2-9-3-4-10-5-7-11-8-6-10;1-3-2/h9H,2-8H2,1H3;3H2,1-2H3. The van der Waals surface area contributed by atoms with Gasteiger partial charge < -0.3 is 10.1 Å². The summed E-state index contributed by atoms with van der Waals surface area (Å²) in [7, 11) is 0. The quantitative estimate of drug-likeness (QED) is 0.696. The van der Waals surface area contributed by atoms with Crippen molar-refractivity contribution in [1.82, 2.24) is 10.2 Å². The molecule has 14 heavy (non-hydrogen) atoms. The second kappa shape index (κ2) is 11.0. The highest BCUT2D eigenvalue weighted by atomic mass is 16.5. The Morgan fingerprint density at radius 2 is 1.71 bits per heavy atom. The van der Waals surface area contributed by atoms with Gasteiger partial charge >= 0.3 is 0 Å². The van der Waals surface area contributed by atoms with E-state index >= 15 is 0 Å². The van der Waals surface area contributed by atoms with Crippen LogP contribution in [0.3, 0.4) is 0 Å². The molecule has 1 rings (SSSR count). The van der Waals surface area contributed by atoms with Gasteiger partial charge in [-0.1, -0.05) is 27.2 Å².